The molecule has 5 heteroatoms. The topological polar surface area (TPSA) is 51.2 Å². The molecule has 3 nitrogen and oxygen atoms in total. The Labute approximate surface area is 42.7 Å². The molecule has 0 heterocycles. The van der Waals surface area contributed by atoms with Gasteiger partial charge >= 0.3 is 25.2 Å². The van der Waals surface area contributed by atoms with Gasteiger partial charge < -0.3 is 0 Å². The molecular formula is Fe2O3. The molecular weight excluding hydrogens is 160 g/mol. The fourth-order valence-electron chi connectivity index (χ4n) is 0. The molecule has 0 saturated heterocycles. The fraction of sp³-hybridized carbons (Fsp3) is 0. The molecule has 0 aromatic rings. The van der Waals surface area contributed by atoms with Gasteiger partial charge in [0.2, 0.25) is 0 Å². The van der Waals surface area contributed by atoms with E-state index in [9.17, 15) is 0 Å². The first kappa shape index (κ1) is 9.06. The van der Waals surface area contributed by atoms with Crippen LogP contribution in [-0.2, 0) is 42.3 Å². The maximum atomic E-state index is 8.50. The van der Waals surface area contributed by atoms with Gasteiger partial charge in [-0.2, -0.15) is 0 Å². The first-order valence-corrected chi connectivity index (χ1v) is 1.79. The van der Waals surface area contributed by atoms with Crippen LogP contribution in [-0.4, -0.2) is 0 Å². The number of rotatable bonds is 0. The molecule has 0 N–H and O–H groups in total. The second-order valence-electron chi connectivity index (χ2n) is 0.177. The van der Waals surface area contributed by atoms with Crippen molar-refractivity contribution in [3.8, 4) is 0 Å². The molecule has 0 unspecified atom stereocenters. The van der Waals surface area contributed by atoms with Gasteiger partial charge in [-0.15, -0.1) is 0 Å². The van der Waals surface area contributed by atoms with Gasteiger partial charge in [0, 0.05) is 17.1 Å². The Bertz CT molecular complexity index is 74.3. The van der Waals surface area contributed by atoms with Crippen LogP contribution < -0.4 is 0 Å². The predicted octanol–water partition coefficient (Wildman–Crippen LogP) is -0.361. The Balaban J connectivity index is 0. The molecule has 0 rings (SSSR count). The maximum absolute atomic E-state index is 8.50. The summed E-state index contributed by atoms with van der Waals surface area (Å²) in [6, 6.07) is 0. The summed E-state index contributed by atoms with van der Waals surface area (Å²) in [6.45, 7) is 0. The molecule has 0 bridgehead atoms. The molecule has 0 atom stereocenters. The van der Waals surface area contributed by atoms with E-state index in [4.69, 9.17) is 11.5 Å². The molecule has 34 valence electrons. The van der Waals surface area contributed by atoms with E-state index in [0.29, 0.717) is 0 Å². The SMILES string of the molecule is [Fe].[O]=[Fe](=[O])=[O]. The van der Waals surface area contributed by atoms with Crippen LogP contribution in [0, 0.1) is 0 Å². The second kappa shape index (κ2) is 4.44. The zero-order valence-electron chi connectivity index (χ0n) is 1.93. The van der Waals surface area contributed by atoms with Crippen molar-refractivity contribution >= 4 is 0 Å². The van der Waals surface area contributed by atoms with Crippen molar-refractivity contribution in [2.75, 3.05) is 0 Å². The molecule has 0 aromatic carbocycles. The van der Waals surface area contributed by atoms with Gasteiger partial charge in [-0.1, -0.05) is 0 Å². The van der Waals surface area contributed by atoms with Gasteiger partial charge in [0.05, 0.1) is 0 Å². The van der Waals surface area contributed by atoms with Crippen LogP contribution in [0.2, 0.25) is 0 Å². The van der Waals surface area contributed by atoms with E-state index in [1.165, 1.54) is 0 Å². The number of hydrogen-bond acceptors (Lipinski definition) is 3. The fourth-order valence-corrected chi connectivity index (χ4v) is 0. The Morgan fingerprint density at radius 1 is 1.00 bits per heavy atom. The molecule has 0 aliphatic rings. The van der Waals surface area contributed by atoms with Crippen molar-refractivity contribution < 1.29 is 42.3 Å². The normalized spacial score (nSPS) is 6.60. The van der Waals surface area contributed by atoms with Gasteiger partial charge in [-0.25, -0.2) is 0 Å². The molecule has 0 aliphatic carbocycles. The second-order valence-corrected chi connectivity index (χ2v) is 0.729. The summed E-state index contributed by atoms with van der Waals surface area (Å²) in [5.41, 5.74) is 0. The van der Waals surface area contributed by atoms with Crippen LogP contribution in [0.5, 0.6) is 0 Å². The third-order valence-corrected chi connectivity index (χ3v) is 0. The summed E-state index contributed by atoms with van der Waals surface area (Å²) in [5.74, 6) is 0. The molecule has 0 spiro atoms. The monoisotopic (exact) mass is 160 g/mol. The van der Waals surface area contributed by atoms with E-state index in [1.807, 2.05) is 0 Å². The molecule has 0 radical (unpaired) electrons. The average molecular weight is 160 g/mol. The van der Waals surface area contributed by atoms with Crippen LogP contribution >= 0.6 is 0 Å². The summed E-state index contributed by atoms with van der Waals surface area (Å²) in [5, 5.41) is 0. The Morgan fingerprint density at radius 3 is 1.00 bits per heavy atom. The van der Waals surface area contributed by atoms with Crippen molar-refractivity contribution in [3.63, 3.8) is 0 Å². The van der Waals surface area contributed by atoms with Crippen molar-refractivity contribution in [2.45, 2.75) is 0 Å². The minimum atomic E-state index is -3.50. The quantitative estimate of drug-likeness (QED) is 0.454. The van der Waals surface area contributed by atoms with Crippen LogP contribution in [0.3, 0.4) is 0 Å². The first-order valence-electron chi connectivity index (χ1n) is 0.433. The van der Waals surface area contributed by atoms with Crippen LogP contribution in [0.15, 0.2) is 0 Å². The third kappa shape index (κ3) is 137. The van der Waals surface area contributed by atoms with Gasteiger partial charge in [0.15, 0.2) is 0 Å². The van der Waals surface area contributed by atoms with E-state index < -0.39 is 13.7 Å². The Kier molecular flexibility index (Phi) is 8.05. The van der Waals surface area contributed by atoms with E-state index in [2.05, 4.69) is 0 Å². The standard InChI is InChI=1S/2Fe.3O. The molecule has 0 saturated carbocycles. The average Bonchev–Trinajstić information content (AvgIpc) is 0.811. The summed E-state index contributed by atoms with van der Waals surface area (Å²) in [7, 11) is 0. The van der Waals surface area contributed by atoms with E-state index in [0.717, 1.165) is 0 Å². The predicted molar refractivity (Wildman–Crippen MR) is 2.06 cm³/mol. The molecule has 5 heavy (non-hydrogen) atoms. The van der Waals surface area contributed by atoms with Gasteiger partial charge in [-0.05, 0) is 0 Å². The third-order valence-electron chi connectivity index (χ3n) is 0. The van der Waals surface area contributed by atoms with Crippen molar-refractivity contribution in [2.24, 2.45) is 0 Å². The molecule has 0 aliphatic heterocycles. The minimum absolute atomic E-state index is 0. The first-order chi connectivity index (χ1) is 1.73. The zero-order valence-corrected chi connectivity index (χ0v) is 4.14. The van der Waals surface area contributed by atoms with Crippen LogP contribution in [0.1, 0.15) is 0 Å². The van der Waals surface area contributed by atoms with Gasteiger partial charge in [-0.3, -0.25) is 0 Å². The summed E-state index contributed by atoms with van der Waals surface area (Å²) < 4.78 is 25.5. The molecule has 0 aromatic heterocycles. The Morgan fingerprint density at radius 2 is 1.00 bits per heavy atom. The van der Waals surface area contributed by atoms with Crippen molar-refractivity contribution in [1.82, 2.24) is 0 Å². The summed E-state index contributed by atoms with van der Waals surface area (Å²) in [6.07, 6.45) is 0. The number of hydrogen-bond donors (Lipinski definition) is 0. The van der Waals surface area contributed by atoms with Crippen LogP contribution in [0.4, 0.5) is 0 Å². The van der Waals surface area contributed by atoms with E-state index >= 15 is 0 Å². The van der Waals surface area contributed by atoms with Gasteiger partial charge in [0.1, 0.15) is 0 Å². The van der Waals surface area contributed by atoms with Crippen molar-refractivity contribution in [3.05, 3.63) is 0 Å². The molecule has 0 amide bonds. The molecule has 0 fully saturated rings. The van der Waals surface area contributed by atoms with E-state index in [-0.39, 0.29) is 17.1 Å². The Hall–Kier alpha value is 0.439. The van der Waals surface area contributed by atoms with Gasteiger partial charge in [0.25, 0.3) is 0 Å². The van der Waals surface area contributed by atoms with Crippen LogP contribution in [0.25, 0.3) is 0 Å². The van der Waals surface area contributed by atoms with Crippen molar-refractivity contribution in [1.29, 1.82) is 0 Å². The zero-order chi connectivity index (χ0) is 3.58. The summed E-state index contributed by atoms with van der Waals surface area (Å²) in [4.78, 5) is 0. The summed E-state index contributed by atoms with van der Waals surface area (Å²) >= 11 is -3.50. The van der Waals surface area contributed by atoms with E-state index in [1.54, 1.807) is 0 Å².